The Balaban J connectivity index is 1.05. The van der Waals surface area contributed by atoms with Gasteiger partial charge in [-0.3, -0.25) is 9.89 Å². The first-order valence-electron chi connectivity index (χ1n) is 13.7. The van der Waals surface area contributed by atoms with Gasteiger partial charge < -0.3 is 25.0 Å². The molecule has 1 spiro atoms. The topological polar surface area (TPSA) is 104 Å². The Morgan fingerprint density at radius 1 is 1.26 bits per heavy atom. The van der Waals surface area contributed by atoms with Crippen LogP contribution in [0.5, 0.6) is 5.75 Å². The predicted octanol–water partition coefficient (Wildman–Crippen LogP) is 3.78. The lowest BCUT2D eigenvalue weighted by molar-refractivity contribution is 0.00111. The van der Waals surface area contributed by atoms with Crippen molar-refractivity contribution >= 4 is 11.7 Å². The van der Waals surface area contributed by atoms with Gasteiger partial charge in [-0.05, 0) is 68.0 Å². The highest BCUT2D eigenvalue weighted by molar-refractivity contribution is 5.94. The number of nitrogens with one attached hydrogen (secondary N) is 3. The Morgan fingerprint density at radius 3 is 2.87 bits per heavy atom. The van der Waals surface area contributed by atoms with Crippen LogP contribution in [0.1, 0.15) is 47.2 Å². The van der Waals surface area contributed by atoms with E-state index >= 15 is 0 Å². The zero-order valence-corrected chi connectivity index (χ0v) is 22.3. The maximum Gasteiger partial charge on any atom is 0.251 e. The third kappa shape index (κ3) is 5.49. The summed E-state index contributed by atoms with van der Waals surface area (Å²) < 4.78 is 25.6. The number of anilines is 1. The number of carbonyl (C=O) groups is 1. The third-order valence-corrected chi connectivity index (χ3v) is 8.44. The van der Waals surface area contributed by atoms with Crippen molar-refractivity contribution in [2.45, 2.75) is 44.7 Å². The number of hydrogen-bond donors (Lipinski definition) is 3. The summed E-state index contributed by atoms with van der Waals surface area (Å²) in [5.74, 6) is 0.861. The van der Waals surface area contributed by atoms with Gasteiger partial charge in [0.1, 0.15) is 17.4 Å². The summed E-state index contributed by atoms with van der Waals surface area (Å²) in [4.78, 5) is 20.1. The number of carbonyl (C=O) groups excluding carboxylic acids is 1. The van der Waals surface area contributed by atoms with Gasteiger partial charge in [0, 0.05) is 67.3 Å². The SMILES string of the molecule is COCCN1CCC2(CC1)CC(NC(=O)c1cc(F)cc(CNc3ncc(-c4cn[nH]c4)c4c3CCO4)c1)C2. The van der Waals surface area contributed by atoms with Gasteiger partial charge in [-0.15, -0.1) is 0 Å². The molecule has 2 aromatic heterocycles. The molecule has 1 aliphatic carbocycles. The molecule has 1 amide bonds. The average Bonchev–Trinajstić information content (AvgIpc) is 3.63. The number of likely N-dealkylation sites (tertiary alicyclic amines) is 1. The second-order valence-corrected chi connectivity index (χ2v) is 11.0. The van der Waals surface area contributed by atoms with Crippen LogP contribution in [0, 0.1) is 11.2 Å². The fourth-order valence-corrected chi connectivity index (χ4v) is 6.25. The van der Waals surface area contributed by atoms with E-state index in [4.69, 9.17) is 9.47 Å². The molecule has 0 bridgehead atoms. The molecular weight excluding hydrogens is 499 g/mol. The lowest BCUT2D eigenvalue weighted by Gasteiger charge is -2.52. The number of amides is 1. The van der Waals surface area contributed by atoms with Crippen molar-refractivity contribution in [3.63, 3.8) is 0 Å². The normalized spacial score (nSPS) is 18.4. The van der Waals surface area contributed by atoms with Gasteiger partial charge in [-0.2, -0.15) is 5.10 Å². The molecule has 0 atom stereocenters. The summed E-state index contributed by atoms with van der Waals surface area (Å²) in [7, 11) is 1.74. The highest BCUT2D eigenvalue weighted by Crippen LogP contribution is 2.49. The van der Waals surface area contributed by atoms with E-state index in [1.807, 2.05) is 6.20 Å². The van der Waals surface area contributed by atoms with E-state index < -0.39 is 5.82 Å². The number of aromatic amines is 1. The molecule has 3 aliphatic rings. The van der Waals surface area contributed by atoms with Crippen LogP contribution < -0.4 is 15.4 Å². The van der Waals surface area contributed by atoms with Crippen molar-refractivity contribution in [3.05, 3.63) is 59.3 Å². The van der Waals surface area contributed by atoms with Crippen molar-refractivity contribution in [2.24, 2.45) is 5.41 Å². The van der Waals surface area contributed by atoms with Crippen LogP contribution in [-0.4, -0.2) is 72.0 Å². The molecule has 1 aromatic carbocycles. The minimum atomic E-state index is -0.426. The number of benzene rings is 1. The number of methoxy groups -OCH3 is 1. The first-order valence-corrected chi connectivity index (χ1v) is 13.7. The first kappa shape index (κ1) is 25.8. The van der Waals surface area contributed by atoms with Crippen LogP contribution in [-0.2, 0) is 17.7 Å². The van der Waals surface area contributed by atoms with Gasteiger partial charge in [0.2, 0.25) is 0 Å². The van der Waals surface area contributed by atoms with E-state index in [1.165, 1.54) is 12.1 Å². The largest absolute Gasteiger partial charge is 0.492 e. The number of nitrogens with zero attached hydrogens (tertiary/aromatic N) is 3. The maximum atomic E-state index is 14.5. The van der Waals surface area contributed by atoms with Crippen LogP contribution in [0.3, 0.4) is 0 Å². The molecule has 6 rings (SSSR count). The molecule has 39 heavy (non-hydrogen) atoms. The van der Waals surface area contributed by atoms with E-state index in [0.717, 1.165) is 80.8 Å². The molecule has 2 aliphatic heterocycles. The maximum absolute atomic E-state index is 14.5. The average molecular weight is 535 g/mol. The van der Waals surface area contributed by atoms with Crippen LogP contribution in [0.4, 0.5) is 10.2 Å². The predicted molar refractivity (Wildman–Crippen MR) is 145 cm³/mol. The van der Waals surface area contributed by atoms with Crippen LogP contribution in [0.15, 0.2) is 36.8 Å². The van der Waals surface area contributed by atoms with Crippen LogP contribution in [0.25, 0.3) is 11.1 Å². The molecule has 2 fully saturated rings. The summed E-state index contributed by atoms with van der Waals surface area (Å²) in [6, 6.07) is 4.67. The monoisotopic (exact) mass is 534 g/mol. The minimum Gasteiger partial charge on any atom is -0.492 e. The molecule has 1 saturated carbocycles. The Labute approximate surface area is 227 Å². The summed E-state index contributed by atoms with van der Waals surface area (Å²) in [5.41, 5.74) is 4.16. The van der Waals surface area contributed by atoms with Gasteiger partial charge in [0.15, 0.2) is 0 Å². The number of H-pyrrole nitrogens is 1. The van der Waals surface area contributed by atoms with Gasteiger partial charge in [-0.1, -0.05) is 0 Å². The van der Waals surface area contributed by atoms with Crippen molar-refractivity contribution < 1.29 is 18.7 Å². The van der Waals surface area contributed by atoms with Crippen molar-refractivity contribution in [3.8, 4) is 16.9 Å². The van der Waals surface area contributed by atoms with E-state index in [1.54, 1.807) is 25.6 Å². The second kappa shape index (κ2) is 10.9. The lowest BCUT2D eigenvalue weighted by Crippen LogP contribution is -2.55. The van der Waals surface area contributed by atoms with E-state index in [-0.39, 0.29) is 11.9 Å². The smallest absolute Gasteiger partial charge is 0.251 e. The summed E-state index contributed by atoms with van der Waals surface area (Å²) in [5, 5.41) is 13.3. The van der Waals surface area contributed by atoms with Crippen LogP contribution >= 0.6 is 0 Å². The molecular formula is C29H35FN6O3. The van der Waals surface area contributed by atoms with Gasteiger partial charge in [0.25, 0.3) is 5.91 Å². The molecule has 206 valence electrons. The van der Waals surface area contributed by atoms with E-state index in [2.05, 4.69) is 30.7 Å². The number of piperidine rings is 1. The Kier molecular flexibility index (Phi) is 7.22. The first-order chi connectivity index (χ1) is 19.0. The molecule has 10 heteroatoms. The number of hydrogen-bond acceptors (Lipinski definition) is 7. The summed E-state index contributed by atoms with van der Waals surface area (Å²) >= 11 is 0. The van der Waals surface area contributed by atoms with Gasteiger partial charge >= 0.3 is 0 Å². The van der Waals surface area contributed by atoms with Crippen molar-refractivity contribution in [1.82, 2.24) is 25.4 Å². The number of pyridine rings is 1. The highest BCUT2D eigenvalue weighted by Gasteiger charge is 2.46. The quantitative estimate of drug-likeness (QED) is 0.384. The summed E-state index contributed by atoms with van der Waals surface area (Å²) in [6.07, 6.45) is 10.3. The number of ether oxygens (including phenoxy) is 2. The molecule has 4 heterocycles. The molecule has 9 nitrogen and oxygen atoms in total. The number of fused-ring (bicyclic) bond motifs is 1. The number of halogens is 1. The Hall–Kier alpha value is -3.50. The molecule has 1 saturated heterocycles. The van der Waals surface area contributed by atoms with Crippen molar-refractivity contribution in [1.29, 1.82) is 0 Å². The lowest BCUT2D eigenvalue weighted by atomic mass is 9.60. The second-order valence-electron chi connectivity index (χ2n) is 11.0. The minimum absolute atomic E-state index is 0.147. The number of rotatable bonds is 9. The third-order valence-electron chi connectivity index (χ3n) is 8.44. The molecule has 3 N–H and O–H groups in total. The summed E-state index contributed by atoms with van der Waals surface area (Å²) in [6.45, 7) is 4.84. The van der Waals surface area contributed by atoms with Gasteiger partial charge in [-0.25, -0.2) is 9.37 Å². The zero-order chi connectivity index (χ0) is 26.8. The highest BCUT2D eigenvalue weighted by atomic mass is 19.1. The van der Waals surface area contributed by atoms with Crippen LogP contribution in [0.2, 0.25) is 0 Å². The Morgan fingerprint density at radius 2 is 2.10 bits per heavy atom. The fraction of sp³-hybridized carbons (Fsp3) is 0.483. The van der Waals surface area contributed by atoms with E-state index in [0.29, 0.717) is 35.5 Å². The molecule has 0 radical (unpaired) electrons. The zero-order valence-electron chi connectivity index (χ0n) is 22.3. The number of aromatic nitrogens is 3. The Bertz CT molecular complexity index is 1310. The standard InChI is InChI=1S/C29H35FN6O3/c1-38-9-7-36-5-3-29(4-6-36)13-23(14-29)35-28(37)20-10-19(11-22(30)12-20)15-31-27-24-2-8-39-26(24)25(18-32-27)21-16-33-34-17-21/h10-12,16-18,23H,2-9,13-15H2,1H3,(H,31,32)(H,33,34)(H,35,37). The van der Waals surface area contributed by atoms with Crippen molar-refractivity contribution in [2.75, 3.05) is 45.3 Å². The fourth-order valence-electron chi connectivity index (χ4n) is 6.25. The molecule has 0 unspecified atom stereocenters. The van der Waals surface area contributed by atoms with Gasteiger partial charge in [0.05, 0.1) is 19.4 Å². The van der Waals surface area contributed by atoms with E-state index in [9.17, 15) is 9.18 Å². The molecule has 3 aromatic rings.